The van der Waals surface area contributed by atoms with Gasteiger partial charge >= 0.3 is 0 Å². The van der Waals surface area contributed by atoms with Crippen LogP contribution in [-0.4, -0.2) is 11.2 Å². The van der Waals surface area contributed by atoms with E-state index in [0.717, 1.165) is 36.5 Å². The van der Waals surface area contributed by atoms with Gasteiger partial charge in [0.1, 0.15) is 0 Å². The van der Waals surface area contributed by atoms with Crippen molar-refractivity contribution in [3.8, 4) is 0 Å². The number of hydrogen-bond donors (Lipinski definition) is 1. The lowest BCUT2D eigenvalue weighted by Crippen LogP contribution is -2.46. The van der Waals surface area contributed by atoms with Crippen LogP contribution in [0.4, 0.5) is 0 Å². The van der Waals surface area contributed by atoms with Crippen LogP contribution in [0.2, 0.25) is 0 Å². The third-order valence-electron chi connectivity index (χ3n) is 9.30. The summed E-state index contributed by atoms with van der Waals surface area (Å²) in [5.41, 5.74) is 4.09. The lowest BCUT2D eigenvalue weighted by Gasteiger charge is -2.55. The molecule has 156 valence electrons. The van der Waals surface area contributed by atoms with E-state index in [1.807, 2.05) is 0 Å². The summed E-state index contributed by atoms with van der Waals surface area (Å²) in [6.07, 6.45) is 19.6. The van der Waals surface area contributed by atoms with Crippen LogP contribution < -0.4 is 0 Å². The maximum absolute atomic E-state index is 10.2. The Morgan fingerprint density at radius 3 is 2.57 bits per heavy atom. The third kappa shape index (κ3) is 3.26. The Bertz CT molecular complexity index is 682. The van der Waals surface area contributed by atoms with Crippen molar-refractivity contribution in [2.45, 2.75) is 92.1 Å². The van der Waals surface area contributed by atoms with Crippen LogP contribution in [0.1, 0.15) is 86.0 Å². The topological polar surface area (TPSA) is 20.2 Å². The summed E-state index contributed by atoms with van der Waals surface area (Å²) in [4.78, 5) is 0. The van der Waals surface area contributed by atoms with E-state index in [1.54, 1.807) is 5.57 Å². The molecular formula is C27H42O. The number of fused-ring (bicyclic) bond motifs is 5. The summed E-state index contributed by atoms with van der Waals surface area (Å²) in [6.45, 7) is 12.2. The predicted molar refractivity (Wildman–Crippen MR) is 119 cm³/mol. The van der Waals surface area contributed by atoms with E-state index in [9.17, 15) is 5.11 Å². The molecular weight excluding hydrogens is 340 g/mol. The predicted octanol–water partition coefficient (Wildman–Crippen LogP) is 7.08. The Labute approximate surface area is 173 Å². The summed E-state index contributed by atoms with van der Waals surface area (Å²) in [6, 6.07) is 0. The van der Waals surface area contributed by atoms with Crippen LogP contribution in [0, 0.1) is 40.4 Å². The molecule has 4 aliphatic carbocycles. The second kappa shape index (κ2) is 7.46. The van der Waals surface area contributed by atoms with Crippen molar-refractivity contribution in [3.05, 3.63) is 35.5 Å². The molecule has 28 heavy (non-hydrogen) atoms. The Hall–Kier alpha value is -0.820. The fourth-order valence-corrected chi connectivity index (χ4v) is 7.59. The van der Waals surface area contributed by atoms with Crippen LogP contribution in [0.15, 0.2) is 35.5 Å². The summed E-state index contributed by atoms with van der Waals surface area (Å²) in [5.74, 6) is 3.78. The molecule has 0 aliphatic heterocycles. The average Bonchev–Trinajstić information content (AvgIpc) is 2.99. The van der Waals surface area contributed by atoms with E-state index in [4.69, 9.17) is 0 Å². The quantitative estimate of drug-likeness (QED) is 0.515. The zero-order valence-corrected chi connectivity index (χ0v) is 18.9. The highest BCUT2D eigenvalue weighted by Crippen LogP contribution is 2.65. The van der Waals surface area contributed by atoms with Crippen molar-refractivity contribution in [1.82, 2.24) is 0 Å². The Balaban J connectivity index is 1.57. The van der Waals surface area contributed by atoms with Gasteiger partial charge in [-0.3, -0.25) is 0 Å². The van der Waals surface area contributed by atoms with Gasteiger partial charge in [-0.2, -0.15) is 0 Å². The van der Waals surface area contributed by atoms with Crippen molar-refractivity contribution in [3.63, 3.8) is 0 Å². The normalized spacial score (nSPS) is 44.0. The van der Waals surface area contributed by atoms with Crippen LogP contribution in [0.5, 0.6) is 0 Å². The lowest BCUT2D eigenvalue weighted by molar-refractivity contribution is 0.0383. The molecule has 1 heteroatoms. The summed E-state index contributed by atoms with van der Waals surface area (Å²) in [7, 11) is 0. The molecule has 0 spiro atoms. The highest BCUT2D eigenvalue weighted by molar-refractivity contribution is 5.39. The van der Waals surface area contributed by atoms with Crippen LogP contribution in [0.25, 0.3) is 0 Å². The molecule has 0 heterocycles. The fourth-order valence-electron chi connectivity index (χ4n) is 7.59. The largest absolute Gasteiger partial charge is 0.393 e. The molecule has 3 fully saturated rings. The molecule has 4 aliphatic rings. The monoisotopic (exact) mass is 382 g/mol. The van der Waals surface area contributed by atoms with Gasteiger partial charge in [-0.05, 0) is 91.8 Å². The van der Waals surface area contributed by atoms with Gasteiger partial charge in [-0.1, -0.05) is 70.1 Å². The number of aliphatic hydroxyl groups is 1. The highest BCUT2D eigenvalue weighted by Gasteiger charge is 2.56. The van der Waals surface area contributed by atoms with Crippen molar-refractivity contribution in [2.24, 2.45) is 40.4 Å². The summed E-state index contributed by atoms with van der Waals surface area (Å²) in [5, 5.41) is 10.2. The second-order valence-corrected chi connectivity index (χ2v) is 11.4. The first-order valence-electron chi connectivity index (χ1n) is 12.0. The molecule has 7 atom stereocenters. The minimum atomic E-state index is -0.113. The van der Waals surface area contributed by atoms with E-state index in [0.29, 0.717) is 16.7 Å². The molecule has 0 unspecified atom stereocenters. The average molecular weight is 383 g/mol. The van der Waals surface area contributed by atoms with E-state index < -0.39 is 0 Å². The SMILES string of the molecule is CC(C)C/C=C/[C@@H](C)[C@H]1CC[C@@H]2C3=CC=C4C[C@@H](O)CC[C@]4(C)[C@H]3CC[C@@]21C. The van der Waals surface area contributed by atoms with Gasteiger partial charge in [0.25, 0.3) is 0 Å². The molecule has 0 amide bonds. The minimum absolute atomic E-state index is 0.113. The maximum atomic E-state index is 10.2. The second-order valence-electron chi connectivity index (χ2n) is 11.4. The van der Waals surface area contributed by atoms with E-state index in [-0.39, 0.29) is 6.10 Å². The number of rotatable bonds is 4. The van der Waals surface area contributed by atoms with Crippen LogP contribution in [-0.2, 0) is 0 Å². The Kier molecular flexibility index (Phi) is 5.45. The molecule has 1 nitrogen and oxygen atoms in total. The molecule has 0 aromatic carbocycles. The number of aliphatic hydroxyl groups excluding tert-OH is 1. The molecule has 4 rings (SSSR count). The molecule has 3 saturated carbocycles. The first-order chi connectivity index (χ1) is 13.3. The first-order valence-corrected chi connectivity index (χ1v) is 12.0. The number of allylic oxidation sites excluding steroid dienone is 5. The van der Waals surface area contributed by atoms with Gasteiger partial charge in [0.05, 0.1) is 6.10 Å². The van der Waals surface area contributed by atoms with Gasteiger partial charge in [-0.15, -0.1) is 0 Å². The van der Waals surface area contributed by atoms with Crippen molar-refractivity contribution in [1.29, 1.82) is 0 Å². The van der Waals surface area contributed by atoms with E-state index in [1.165, 1.54) is 44.1 Å². The van der Waals surface area contributed by atoms with Gasteiger partial charge < -0.3 is 5.11 Å². The lowest BCUT2D eigenvalue weighted by atomic mass is 9.50. The maximum Gasteiger partial charge on any atom is 0.0578 e. The van der Waals surface area contributed by atoms with E-state index in [2.05, 4.69) is 58.9 Å². The van der Waals surface area contributed by atoms with Crippen molar-refractivity contribution < 1.29 is 5.11 Å². The van der Waals surface area contributed by atoms with E-state index >= 15 is 0 Å². The zero-order chi connectivity index (χ0) is 20.1. The van der Waals surface area contributed by atoms with Gasteiger partial charge in [0, 0.05) is 0 Å². The van der Waals surface area contributed by atoms with Gasteiger partial charge in [-0.25, -0.2) is 0 Å². The zero-order valence-electron chi connectivity index (χ0n) is 18.9. The first kappa shape index (κ1) is 20.5. The highest BCUT2D eigenvalue weighted by atomic mass is 16.3. The Morgan fingerprint density at radius 2 is 1.82 bits per heavy atom. The fraction of sp³-hybridized carbons (Fsp3) is 0.778. The molecule has 1 N–H and O–H groups in total. The van der Waals surface area contributed by atoms with Gasteiger partial charge in [0.15, 0.2) is 0 Å². The molecule has 0 aromatic rings. The molecule has 0 aromatic heterocycles. The van der Waals surface area contributed by atoms with Crippen LogP contribution in [0.3, 0.4) is 0 Å². The smallest absolute Gasteiger partial charge is 0.0578 e. The minimum Gasteiger partial charge on any atom is -0.393 e. The number of hydrogen-bond acceptors (Lipinski definition) is 1. The summed E-state index contributed by atoms with van der Waals surface area (Å²) < 4.78 is 0. The van der Waals surface area contributed by atoms with Crippen LogP contribution >= 0.6 is 0 Å². The Morgan fingerprint density at radius 1 is 1.04 bits per heavy atom. The van der Waals surface area contributed by atoms with Crippen molar-refractivity contribution in [2.75, 3.05) is 0 Å². The third-order valence-corrected chi connectivity index (χ3v) is 9.30. The van der Waals surface area contributed by atoms with Gasteiger partial charge in [0.2, 0.25) is 0 Å². The summed E-state index contributed by atoms with van der Waals surface area (Å²) >= 11 is 0. The molecule has 0 saturated heterocycles. The molecule has 0 radical (unpaired) electrons. The standard InChI is InChI=1S/C27H42O/c1-18(2)7-6-8-19(3)23-11-12-24-22-10-9-20-17-21(28)13-15-26(20,4)25(22)14-16-27(23,24)5/h6,8-10,18-19,21,23-25,28H,7,11-17H2,1-5H3/b8-6+/t19-,21+,23-,24-,25+,26+,27-/m1/s1. The van der Waals surface area contributed by atoms with Crippen molar-refractivity contribution >= 4 is 0 Å². The molecule has 0 bridgehead atoms.